The highest BCUT2D eigenvalue weighted by Crippen LogP contribution is 2.30. The van der Waals surface area contributed by atoms with E-state index in [1.807, 2.05) is 52.0 Å². The van der Waals surface area contributed by atoms with Gasteiger partial charge in [0.1, 0.15) is 12.4 Å². The first-order valence-corrected chi connectivity index (χ1v) is 11.4. The van der Waals surface area contributed by atoms with Crippen LogP contribution in [-0.2, 0) is 16.9 Å². The number of nitrogens with one attached hydrogen (secondary N) is 1. The van der Waals surface area contributed by atoms with Gasteiger partial charge in [-0.05, 0) is 56.5 Å². The van der Waals surface area contributed by atoms with Gasteiger partial charge in [0, 0.05) is 25.4 Å². The van der Waals surface area contributed by atoms with Gasteiger partial charge in [-0.15, -0.1) is 5.10 Å². The zero-order valence-electron chi connectivity index (χ0n) is 20.9. The van der Waals surface area contributed by atoms with Gasteiger partial charge in [-0.3, -0.25) is 14.6 Å². The minimum atomic E-state index is -0.270. The number of likely N-dealkylation sites (N-methyl/N-ethyl adjacent to an activating group) is 1. The average Bonchev–Trinajstić information content (AvgIpc) is 3.34. The highest BCUT2D eigenvalue weighted by Gasteiger charge is 2.18. The first-order chi connectivity index (χ1) is 16.6. The molecule has 184 valence electrons. The summed E-state index contributed by atoms with van der Waals surface area (Å²) in [6.45, 7) is 12.6. The van der Waals surface area contributed by atoms with Crippen LogP contribution in [0.1, 0.15) is 42.4 Å². The van der Waals surface area contributed by atoms with Crippen molar-refractivity contribution in [1.82, 2.24) is 30.2 Å². The number of ether oxygens (including phenoxy) is 1. The minimum Gasteiger partial charge on any atom is -0.489 e. The third-order valence-corrected chi connectivity index (χ3v) is 5.53. The molecule has 0 saturated heterocycles. The Morgan fingerprint density at radius 2 is 2.03 bits per heavy atom. The number of nitrogens with zero attached hydrogens (tertiary/aromatic N) is 5. The summed E-state index contributed by atoms with van der Waals surface area (Å²) in [7, 11) is 1.70. The summed E-state index contributed by atoms with van der Waals surface area (Å²) in [5, 5.41) is 10.9. The lowest BCUT2D eigenvalue weighted by atomic mass is 10.00. The Bertz CT molecular complexity index is 1210. The molecule has 0 saturated carbocycles. The molecule has 1 aromatic carbocycles. The van der Waals surface area contributed by atoms with Crippen LogP contribution in [-0.4, -0.2) is 56.9 Å². The Labute approximate surface area is 205 Å². The molecule has 2 amide bonds. The number of aryl methyl sites for hydroxylation is 1. The standard InChI is InChI=1S/C26H32N6O3/c1-7-24(33)31(6)12-13-35-23-16-27-11-10-21(23)19-8-9-20(18(2)14-19)15-28-25(34)22-17-32(30-29-22)26(3,4)5/h7-11,14,16-17H,1,12-13,15H2,2-6H3,(H,28,34). The van der Waals surface area contributed by atoms with E-state index >= 15 is 0 Å². The molecule has 0 aliphatic heterocycles. The quantitative estimate of drug-likeness (QED) is 0.475. The van der Waals surface area contributed by atoms with E-state index in [-0.39, 0.29) is 23.0 Å². The molecule has 9 heteroatoms. The first kappa shape index (κ1) is 25.6. The second-order valence-electron chi connectivity index (χ2n) is 9.23. The van der Waals surface area contributed by atoms with Gasteiger partial charge in [0.15, 0.2) is 5.69 Å². The van der Waals surface area contributed by atoms with E-state index in [0.717, 1.165) is 22.3 Å². The summed E-state index contributed by atoms with van der Waals surface area (Å²) >= 11 is 0. The number of amides is 2. The van der Waals surface area contributed by atoms with Gasteiger partial charge in [-0.1, -0.05) is 30.0 Å². The van der Waals surface area contributed by atoms with Crippen molar-refractivity contribution in [3.05, 3.63) is 72.3 Å². The van der Waals surface area contributed by atoms with E-state index in [0.29, 0.717) is 25.4 Å². The fourth-order valence-corrected chi connectivity index (χ4v) is 3.32. The van der Waals surface area contributed by atoms with Crippen LogP contribution in [0.25, 0.3) is 11.1 Å². The van der Waals surface area contributed by atoms with Gasteiger partial charge in [0.05, 0.1) is 24.5 Å². The number of carbonyl (C=O) groups excluding carboxylic acids is 2. The van der Waals surface area contributed by atoms with Crippen LogP contribution < -0.4 is 10.1 Å². The van der Waals surface area contributed by atoms with Crippen LogP contribution in [0.15, 0.2) is 55.5 Å². The molecular formula is C26H32N6O3. The number of hydrogen-bond acceptors (Lipinski definition) is 6. The average molecular weight is 477 g/mol. The lowest BCUT2D eigenvalue weighted by Crippen LogP contribution is -2.29. The fraction of sp³-hybridized carbons (Fsp3) is 0.346. The molecular weight excluding hydrogens is 444 g/mol. The maximum absolute atomic E-state index is 12.5. The van der Waals surface area contributed by atoms with Crippen molar-refractivity contribution in [1.29, 1.82) is 0 Å². The number of hydrogen-bond donors (Lipinski definition) is 1. The predicted molar refractivity (Wildman–Crippen MR) is 134 cm³/mol. The number of benzene rings is 1. The van der Waals surface area contributed by atoms with Crippen LogP contribution in [0, 0.1) is 6.92 Å². The molecule has 0 bridgehead atoms. The predicted octanol–water partition coefficient (Wildman–Crippen LogP) is 3.36. The highest BCUT2D eigenvalue weighted by molar-refractivity contribution is 5.91. The highest BCUT2D eigenvalue weighted by atomic mass is 16.5. The molecule has 0 radical (unpaired) electrons. The van der Waals surface area contributed by atoms with E-state index in [4.69, 9.17) is 4.74 Å². The molecule has 0 fully saturated rings. The first-order valence-electron chi connectivity index (χ1n) is 11.4. The number of aromatic nitrogens is 4. The number of carbonyl (C=O) groups is 2. The molecule has 35 heavy (non-hydrogen) atoms. The zero-order valence-corrected chi connectivity index (χ0v) is 20.9. The summed E-state index contributed by atoms with van der Waals surface area (Å²) in [4.78, 5) is 29.9. The molecule has 2 aromatic heterocycles. The van der Waals surface area contributed by atoms with Gasteiger partial charge in [0.25, 0.3) is 5.91 Å². The maximum atomic E-state index is 12.5. The minimum absolute atomic E-state index is 0.155. The largest absolute Gasteiger partial charge is 0.489 e. The molecule has 0 atom stereocenters. The van der Waals surface area contributed by atoms with Gasteiger partial charge in [0.2, 0.25) is 5.91 Å². The Balaban J connectivity index is 1.66. The van der Waals surface area contributed by atoms with E-state index in [2.05, 4.69) is 27.2 Å². The van der Waals surface area contributed by atoms with Crippen molar-refractivity contribution < 1.29 is 14.3 Å². The molecule has 9 nitrogen and oxygen atoms in total. The van der Waals surface area contributed by atoms with Gasteiger partial charge < -0.3 is 15.0 Å². The zero-order chi connectivity index (χ0) is 25.6. The van der Waals surface area contributed by atoms with E-state index in [9.17, 15) is 9.59 Å². The molecule has 0 aliphatic rings. The monoisotopic (exact) mass is 476 g/mol. The van der Waals surface area contributed by atoms with Crippen molar-refractivity contribution >= 4 is 11.8 Å². The second-order valence-corrected chi connectivity index (χ2v) is 9.23. The van der Waals surface area contributed by atoms with Gasteiger partial charge >= 0.3 is 0 Å². The van der Waals surface area contributed by atoms with Gasteiger partial charge in [-0.2, -0.15) is 0 Å². The molecule has 3 rings (SSSR count). The summed E-state index contributed by atoms with van der Waals surface area (Å²) in [6.07, 6.45) is 6.31. The van der Waals surface area contributed by atoms with Crippen LogP contribution in [0.3, 0.4) is 0 Å². The van der Waals surface area contributed by atoms with E-state index in [1.54, 1.807) is 35.2 Å². The number of rotatable bonds is 9. The van der Waals surface area contributed by atoms with Crippen LogP contribution in [0.2, 0.25) is 0 Å². The molecule has 0 unspecified atom stereocenters. The summed E-state index contributed by atoms with van der Waals surface area (Å²) in [5.74, 6) is 0.208. The topological polar surface area (TPSA) is 102 Å². The van der Waals surface area contributed by atoms with Crippen LogP contribution >= 0.6 is 0 Å². The summed E-state index contributed by atoms with van der Waals surface area (Å²) < 4.78 is 7.59. The third-order valence-electron chi connectivity index (χ3n) is 5.53. The molecule has 1 N–H and O–H groups in total. The van der Waals surface area contributed by atoms with Crippen molar-refractivity contribution in [3.63, 3.8) is 0 Å². The Morgan fingerprint density at radius 3 is 2.69 bits per heavy atom. The second kappa shape index (κ2) is 10.9. The lowest BCUT2D eigenvalue weighted by molar-refractivity contribution is -0.125. The third kappa shape index (κ3) is 6.53. The Morgan fingerprint density at radius 1 is 1.26 bits per heavy atom. The Hall–Kier alpha value is -4.01. The number of pyridine rings is 1. The fourth-order valence-electron chi connectivity index (χ4n) is 3.32. The van der Waals surface area contributed by atoms with E-state index < -0.39 is 0 Å². The molecule has 0 spiro atoms. The summed E-state index contributed by atoms with van der Waals surface area (Å²) in [6, 6.07) is 7.91. The SMILES string of the molecule is C=CC(=O)N(C)CCOc1cnccc1-c1ccc(CNC(=O)c2cn(C(C)(C)C)nn2)c(C)c1. The smallest absolute Gasteiger partial charge is 0.273 e. The molecule has 3 aromatic rings. The maximum Gasteiger partial charge on any atom is 0.273 e. The van der Waals surface area contributed by atoms with Crippen molar-refractivity contribution in [2.24, 2.45) is 0 Å². The van der Waals surface area contributed by atoms with Crippen molar-refractivity contribution in [2.45, 2.75) is 39.8 Å². The molecule has 2 heterocycles. The normalized spacial score (nSPS) is 11.1. The Kier molecular flexibility index (Phi) is 8.01. The van der Waals surface area contributed by atoms with Crippen LogP contribution in [0.5, 0.6) is 5.75 Å². The van der Waals surface area contributed by atoms with Gasteiger partial charge in [-0.25, -0.2) is 4.68 Å². The lowest BCUT2D eigenvalue weighted by Gasteiger charge is -2.17. The van der Waals surface area contributed by atoms with Crippen molar-refractivity contribution in [3.8, 4) is 16.9 Å². The summed E-state index contributed by atoms with van der Waals surface area (Å²) in [5.41, 5.74) is 3.93. The van der Waals surface area contributed by atoms with Crippen LogP contribution in [0.4, 0.5) is 0 Å². The van der Waals surface area contributed by atoms with E-state index in [1.165, 1.54) is 6.08 Å². The van der Waals surface area contributed by atoms with Crippen molar-refractivity contribution in [2.75, 3.05) is 20.2 Å². The molecule has 0 aliphatic carbocycles.